The summed E-state index contributed by atoms with van der Waals surface area (Å²) in [5, 5.41) is 7.41. The van der Waals surface area contributed by atoms with Gasteiger partial charge in [-0.2, -0.15) is 9.97 Å². The molecule has 42 heavy (non-hydrogen) atoms. The predicted molar refractivity (Wildman–Crippen MR) is 145 cm³/mol. The molecule has 3 aromatic rings. The molecule has 2 saturated heterocycles. The lowest BCUT2D eigenvalue weighted by Crippen LogP contribution is -2.51. The van der Waals surface area contributed by atoms with E-state index < -0.39 is 33.3 Å². The van der Waals surface area contributed by atoms with Crippen molar-refractivity contribution in [2.24, 2.45) is 0 Å². The number of ether oxygens (including phenoxy) is 5. The van der Waals surface area contributed by atoms with Crippen LogP contribution in [0.1, 0.15) is 32.2 Å². The summed E-state index contributed by atoms with van der Waals surface area (Å²) < 4.78 is 73.7. The molecule has 2 aliphatic heterocycles. The van der Waals surface area contributed by atoms with Crippen LogP contribution in [-0.4, -0.2) is 108 Å². The zero-order chi connectivity index (χ0) is 29.9. The minimum Gasteiger partial charge on any atom is -0.479 e. The van der Waals surface area contributed by atoms with Crippen LogP contribution >= 0.6 is 0 Å². The number of hydrogen-bond acceptors (Lipinski definition) is 14. The number of sulfonamides is 1. The van der Waals surface area contributed by atoms with Crippen molar-refractivity contribution < 1.29 is 36.5 Å². The maximum Gasteiger partial charge on any atom is 0.245 e. The zero-order valence-electron chi connectivity index (χ0n) is 23.5. The Morgan fingerprint density at radius 1 is 1.05 bits per heavy atom. The molecular formula is C24H32FN9O7S. The number of nitrogens with one attached hydrogen (secondary N) is 1. The van der Waals surface area contributed by atoms with Gasteiger partial charge in [-0.1, -0.05) is 0 Å². The number of nitrogens with zero attached hydrogens (tertiary/aromatic N) is 8. The second kappa shape index (κ2) is 12.6. The van der Waals surface area contributed by atoms with Crippen molar-refractivity contribution in [1.82, 2.24) is 34.7 Å². The maximum atomic E-state index is 14.0. The van der Waals surface area contributed by atoms with Crippen LogP contribution in [0.4, 0.5) is 16.3 Å². The van der Waals surface area contributed by atoms with E-state index in [1.54, 1.807) is 4.90 Å². The molecule has 3 atom stereocenters. The number of hydrogen-bond donors (Lipinski definition) is 1. The van der Waals surface area contributed by atoms with E-state index in [1.165, 1.54) is 25.1 Å². The van der Waals surface area contributed by atoms with Crippen LogP contribution in [0.5, 0.6) is 11.8 Å². The molecule has 228 valence electrons. The Morgan fingerprint density at radius 3 is 2.38 bits per heavy atom. The Hall–Kier alpha value is -3.74. The van der Waals surface area contributed by atoms with Gasteiger partial charge in [0.1, 0.15) is 17.7 Å². The first kappa shape index (κ1) is 29.7. The maximum absolute atomic E-state index is 14.0. The minimum atomic E-state index is -4.16. The standard InChI is InChI=1S/C24H32FN9O7S/c1-14(2)41-16-7-17(11-33(10-16)23-26-8-15(25)9-27-23)42(35,36)32-24-31-30-20(18-12-39-5-6-40-18)34(24)19-21(37-3)28-13-29-22(19)38-4/h8-9,13-14,16-18H,5-7,10-12H2,1-4H3,(H,31,32)/t16-,17+,18-/m1/s1. The molecule has 2 fully saturated rings. The van der Waals surface area contributed by atoms with E-state index in [-0.39, 0.29) is 60.8 Å². The smallest absolute Gasteiger partial charge is 0.245 e. The van der Waals surface area contributed by atoms with Crippen molar-refractivity contribution in [3.05, 3.63) is 30.4 Å². The quantitative estimate of drug-likeness (QED) is 0.343. The summed E-state index contributed by atoms with van der Waals surface area (Å²) in [6.07, 6.45) is 2.16. The largest absolute Gasteiger partial charge is 0.479 e. The normalized spacial score (nSPS) is 21.4. The number of piperidine rings is 1. The molecule has 0 aliphatic carbocycles. The zero-order valence-corrected chi connectivity index (χ0v) is 24.3. The third-order valence-corrected chi connectivity index (χ3v) is 8.24. The molecule has 2 aliphatic rings. The first-order valence-electron chi connectivity index (χ1n) is 13.2. The van der Waals surface area contributed by atoms with Gasteiger partial charge in [-0.15, -0.1) is 10.2 Å². The summed E-state index contributed by atoms with van der Waals surface area (Å²) in [5.74, 6) is -0.184. The number of anilines is 2. The highest BCUT2D eigenvalue weighted by Crippen LogP contribution is 2.35. The van der Waals surface area contributed by atoms with Crippen LogP contribution < -0.4 is 19.1 Å². The molecule has 18 heteroatoms. The second-order valence-corrected chi connectivity index (χ2v) is 11.8. The van der Waals surface area contributed by atoms with Crippen LogP contribution in [0, 0.1) is 5.82 Å². The summed E-state index contributed by atoms with van der Waals surface area (Å²) in [6.45, 7) is 4.93. The van der Waals surface area contributed by atoms with Gasteiger partial charge in [0.2, 0.25) is 33.7 Å². The van der Waals surface area contributed by atoms with E-state index in [0.717, 1.165) is 12.4 Å². The molecule has 5 heterocycles. The van der Waals surface area contributed by atoms with Crippen molar-refractivity contribution >= 4 is 21.9 Å². The average molecular weight is 610 g/mol. The van der Waals surface area contributed by atoms with Gasteiger partial charge in [-0.25, -0.2) is 22.8 Å². The Kier molecular flexibility index (Phi) is 8.95. The molecule has 0 saturated carbocycles. The Balaban J connectivity index is 1.53. The molecule has 1 N–H and O–H groups in total. The molecule has 5 rings (SSSR count). The highest BCUT2D eigenvalue weighted by atomic mass is 32.2. The van der Waals surface area contributed by atoms with Crippen molar-refractivity contribution in [3.63, 3.8) is 0 Å². The van der Waals surface area contributed by atoms with Crippen molar-refractivity contribution in [2.45, 2.75) is 43.8 Å². The Morgan fingerprint density at radius 2 is 1.76 bits per heavy atom. The minimum absolute atomic E-state index is 0.0145. The first-order chi connectivity index (χ1) is 20.2. The summed E-state index contributed by atoms with van der Waals surface area (Å²) in [4.78, 5) is 18.0. The summed E-state index contributed by atoms with van der Waals surface area (Å²) in [6, 6.07) is 0. The fraction of sp³-hybridized carbons (Fsp3) is 0.583. The van der Waals surface area contributed by atoms with E-state index in [4.69, 9.17) is 23.7 Å². The van der Waals surface area contributed by atoms with E-state index >= 15 is 0 Å². The third kappa shape index (κ3) is 6.35. The molecule has 0 unspecified atom stereocenters. The molecular weight excluding hydrogens is 577 g/mol. The summed E-state index contributed by atoms with van der Waals surface area (Å²) in [7, 11) is -1.35. The fourth-order valence-corrected chi connectivity index (χ4v) is 6.22. The van der Waals surface area contributed by atoms with E-state index in [0.29, 0.717) is 19.8 Å². The predicted octanol–water partition coefficient (Wildman–Crippen LogP) is 0.906. The van der Waals surface area contributed by atoms with Gasteiger partial charge in [0, 0.05) is 13.1 Å². The molecule has 3 aromatic heterocycles. The van der Waals surface area contributed by atoms with Gasteiger partial charge >= 0.3 is 0 Å². The van der Waals surface area contributed by atoms with Gasteiger partial charge in [0.25, 0.3) is 0 Å². The Bertz CT molecular complexity index is 1450. The third-order valence-electron chi connectivity index (χ3n) is 6.56. The van der Waals surface area contributed by atoms with Crippen molar-refractivity contribution in [2.75, 3.05) is 56.8 Å². The van der Waals surface area contributed by atoms with Gasteiger partial charge in [-0.3, -0.25) is 9.29 Å². The lowest BCUT2D eigenvalue weighted by Gasteiger charge is -2.37. The number of aromatic nitrogens is 7. The molecule has 0 spiro atoms. The highest BCUT2D eigenvalue weighted by Gasteiger charge is 2.39. The first-order valence-corrected chi connectivity index (χ1v) is 14.7. The van der Waals surface area contributed by atoms with Crippen LogP contribution in [-0.2, 0) is 24.2 Å². The fourth-order valence-electron chi connectivity index (χ4n) is 4.83. The van der Waals surface area contributed by atoms with Crippen LogP contribution in [0.2, 0.25) is 0 Å². The number of rotatable bonds is 10. The van der Waals surface area contributed by atoms with Gasteiger partial charge in [0.05, 0.1) is 58.6 Å². The van der Waals surface area contributed by atoms with E-state index in [9.17, 15) is 12.8 Å². The number of halogens is 1. The van der Waals surface area contributed by atoms with E-state index in [1.807, 2.05) is 13.8 Å². The monoisotopic (exact) mass is 609 g/mol. The van der Waals surface area contributed by atoms with Crippen LogP contribution in [0.15, 0.2) is 18.7 Å². The molecule has 0 aromatic carbocycles. The van der Waals surface area contributed by atoms with Crippen LogP contribution in [0.25, 0.3) is 5.69 Å². The molecule has 0 amide bonds. The Labute approximate surface area is 241 Å². The van der Waals surface area contributed by atoms with E-state index in [2.05, 4.69) is 34.9 Å². The van der Waals surface area contributed by atoms with Crippen molar-refractivity contribution in [1.29, 1.82) is 0 Å². The molecule has 16 nitrogen and oxygen atoms in total. The van der Waals surface area contributed by atoms with Crippen LogP contribution in [0.3, 0.4) is 0 Å². The highest BCUT2D eigenvalue weighted by molar-refractivity contribution is 7.93. The van der Waals surface area contributed by atoms with Gasteiger partial charge < -0.3 is 28.6 Å². The molecule has 0 radical (unpaired) electrons. The topological polar surface area (TPSA) is 178 Å². The van der Waals surface area contributed by atoms with Crippen molar-refractivity contribution in [3.8, 4) is 17.4 Å². The second-order valence-electron chi connectivity index (χ2n) is 9.81. The molecule has 0 bridgehead atoms. The van der Waals surface area contributed by atoms with Gasteiger partial charge in [0.15, 0.2) is 17.3 Å². The lowest BCUT2D eigenvalue weighted by atomic mass is 10.1. The lowest BCUT2D eigenvalue weighted by molar-refractivity contribution is -0.0941. The summed E-state index contributed by atoms with van der Waals surface area (Å²) in [5.41, 5.74) is 0.167. The average Bonchev–Trinajstić information content (AvgIpc) is 3.39. The SMILES string of the molecule is COc1ncnc(OC)c1-n1c(NS(=O)(=O)[C@H]2C[C@@H](OC(C)C)CN(c3ncc(F)cn3)C2)nnc1[C@H]1COCCO1. The van der Waals surface area contributed by atoms with Gasteiger partial charge in [-0.05, 0) is 20.3 Å². The number of methoxy groups -OCH3 is 2. The summed E-state index contributed by atoms with van der Waals surface area (Å²) >= 11 is 0.